The van der Waals surface area contributed by atoms with E-state index in [1.54, 1.807) is 18.3 Å². The summed E-state index contributed by atoms with van der Waals surface area (Å²) in [6.45, 7) is 0.0394. The fourth-order valence-corrected chi connectivity index (χ4v) is 2.02. The predicted molar refractivity (Wildman–Crippen MR) is 74.2 cm³/mol. The molecule has 0 aliphatic carbocycles. The van der Waals surface area contributed by atoms with Crippen LogP contribution in [0, 0.1) is 17.1 Å². The highest BCUT2D eigenvalue weighted by Gasteiger charge is 2.11. The molecule has 0 unspecified atom stereocenters. The van der Waals surface area contributed by atoms with Crippen molar-refractivity contribution >= 4 is 21.8 Å². The van der Waals surface area contributed by atoms with Gasteiger partial charge in [-0.3, -0.25) is 4.79 Å². The van der Waals surface area contributed by atoms with Crippen LogP contribution in [0.25, 0.3) is 0 Å². The summed E-state index contributed by atoms with van der Waals surface area (Å²) in [5.41, 5.74) is 0.937. The smallest absolute Gasteiger partial charge is 0.254 e. The third-order valence-electron chi connectivity index (χ3n) is 2.63. The van der Waals surface area contributed by atoms with Gasteiger partial charge in [0.15, 0.2) is 0 Å². The second-order valence-electron chi connectivity index (χ2n) is 3.94. The third-order valence-corrected chi connectivity index (χ3v) is 3.26. The van der Waals surface area contributed by atoms with E-state index >= 15 is 0 Å². The number of halogens is 2. The Morgan fingerprint density at radius 1 is 1.45 bits per heavy atom. The van der Waals surface area contributed by atoms with Crippen molar-refractivity contribution in [2.24, 2.45) is 0 Å². The first-order chi connectivity index (χ1) is 9.61. The normalized spacial score (nSPS) is 9.85. The number of amides is 1. The van der Waals surface area contributed by atoms with E-state index in [-0.39, 0.29) is 18.0 Å². The first-order valence-corrected chi connectivity index (χ1v) is 6.48. The number of carbonyl (C=O) groups is 1. The molecule has 4 nitrogen and oxygen atoms in total. The van der Waals surface area contributed by atoms with Gasteiger partial charge in [0.25, 0.3) is 5.91 Å². The first kappa shape index (κ1) is 14.2. The second-order valence-corrected chi connectivity index (χ2v) is 4.69. The van der Waals surface area contributed by atoms with Gasteiger partial charge in [-0.15, -0.1) is 0 Å². The summed E-state index contributed by atoms with van der Waals surface area (Å²) in [6, 6.07) is 9.23. The molecule has 0 fully saturated rings. The van der Waals surface area contributed by atoms with E-state index in [9.17, 15) is 9.18 Å². The molecule has 1 N–H and O–H groups in total. The molecule has 1 aromatic carbocycles. The van der Waals surface area contributed by atoms with E-state index in [2.05, 4.69) is 26.2 Å². The van der Waals surface area contributed by atoms with Crippen LogP contribution in [0.2, 0.25) is 0 Å². The van der Waals surface area contributed by atoms with Crippen molar-refractivity contribution in [1.82, 2.24) is 10.3 Å². The number of rotatable bonds is 3. The number of nitriles is 1. The summed E-state index contributed by atoms with van der Waals surface area (Å²) in [6.07, 6.45) is 1.56. The van der Waals surface area contributed by atoms with E-state index < -0.39 is 5.82 Å². The number of pyridine rings is 1. The van der Waals surface area contributed by atoms with Crippen LogP contribution >= 0.6 is 15.9 Å². The molecule has 1 amide bonds. The van der Waals surface area contributed by atoms with Crippen LogP contribution in [-0.2, 0) is 6.54 Å². The highest BCUT2D eigenvalue weighted by Crippen LogP contribution is 2.13. The molecule has 0 radical (unpaired) electrons. The van der Waals surface area contributed by atoms with Crippen molar-refractivity contribution in [3.8, 4) is 6.07 Å². The SMILES string of the molecule is N#Cc1ccc(CNC(=O)c2cccnc2Br)c(F)c1. The number of carbonyl (C=O) groups excluding carboxylic acids is 1. The van der Waals surface area contributed by atoms with Gasteiger partial charge < -0.3 is 5.32 Å². The largest absolute Gasteiger partial charge is 0.348 e. The van der Waals surface area contributed by atoms with Gasteiger partial charge in [-0.2, -0.15) is 5.26 Å². The van der Waals surface area contributed by atoms with Gasteiger partial charge in [0.1, 0.15) is 10.4 Å². The monoisotopic (exact) mass is 333 g/mol. The van der Waals surface area contributed by atoms with Crippen molar-refractivity contribution in [2.75, 3.05) is 0 Å². The van der Waals surface area contributed by atoms with Crippen LogP contribution in [0.1, 0.15) is 21.5 Å². The van der Waals surface area contributed by atoms with Crippen LogP contribution in [-0.4, -0.2) is 10.9 Å². The number of nitrogens with zero attached hydrogens (tertiary/aromatic N) is 2. The number of hydrogen-bond donors (Lipinski definition) is 1. The average molecular weight is 334 g/mol. The maximum Gasteiger partial charge on any atom is 0.254 e. The maximum atomic E-state index is 13.6. The molecule has 1 aromatic heterocycles. The molecule has 0 atom stereocenters. The maximum absolute atomic E-state index is 13.6. The van der Waals surface area contributed by atoms with E-state index in [4.69, 9.17) is 5.26 Å². The van der Waals surface area contributed by atoms with Gasteiger partial charge in [0.05, 0.1) is 17.2 Å². The van der Waals surface area contributed by atoms with E-state index in [1.165, 1.54) is 12.1 Å². The minimum absolute atomic E-state index is 0.0394. The highest BCUT2D eigenvalue weighted by molar-refractivity contribution is 9.10. The van der Waals surface area contributed by atoms with Crippen molar-refractivity contribution < 1.29 is 9.18 Å². The minimum Gasteiger partial charge on any atom is -0.348 e. The highest BCUT2D eigenvalue weighted by atomic mass is 79.9. The molecule has 0 aliphatic rings. The zero-order valence-electron chi connectivity index (χ0n) is 10.2. The second kappa shape index (κ2) is 6.26. The zero-order chi connectivity index (χ0) is 14.5. The standard InChI is InChI=1S/C14H9BrFN3O/c15-13-11(2-1-5-18-13)14(20)19-8-10-4-3-9(7-17)6-12(10)16/h1-6H,8H2,(H,19,20). The molecular weight excluding hydrogens is 325 g/mol. The Hall–Kier alpha value is -2.26. The lowest BCUT2D eigenvalue weighted by molar-refractivity contribution is 0.0949. The summed E-state index contributed by atoms with van der Waals surface area (Å²) < 4.78 is 14.1. The molecule has 6 heteroatoms. The molecule has 0 saturated carbocycles. The lowest BCUT2D eigenvalue weighted by Crippen LogP contribution is -2.23. The van der Waals surface area contributed by atoms with Crippen LogP contribution in [0.15, 0.2) is 41.1 Å². The van der Waals surface area contributed by atoms with Gasteiger partial charge >= 0.3 is 0 Å². The molecule has 20 heavy (non-hydrogen) atoms. The van der Waals surface area contributed by atoms with Crippen molar-refractivity contribution in [3.05, 3.63) is 63.6 Å². The van der Waals surface area contributed by atoms with Gasteiger partial charge in [0.2, 0.25) is 0 Å². The minimum atomic E-state index is -0.519. The van der Waals surface area contributed by atoms with Crippen molar-refractivity contribution in [3.63, 3.8) is 0 Å². The molecule has 0 bridgehead atoms. The lowest BCUT2D eigenvalue weighted by Gasteiger charge is -2.07. The zero-order valence-corrected chi connectivity index (χ0v) is 11.8. The fraction of sp³-hybridized carbons (Fsp3) is 0.0714. The molecule has 100 valence electrons. The Labute approximate surface area is 123 Å². The van der Waals surface area contributed by atoms with Gasteiger partial charge in [0, 0.05) is 18.3 Å². The Kier molecular flexibility index (Phi) is 4.43. The quantitative estimate of drug-likeness (QED) is 0.878. The average Bonchev–Trinajstić information content (AvgIpc) is 2.46. The Morgan fingerprint density at radius 2 is 2.25 bits per heavy atom. The number of hydrogen-bond acceptors (Lipinski definition) is 3. The van der Waals surface area contributed by atoms with Gasteiger partial charge in [-0.1, -0.05) is 6.07 Å². The summed E-state index contributed by atoms with van der Waals surface area (Å²) in [5, 5.41) is 11.3. The number of nitrogens with one attached hydrogen (secondary N) is 1. The van der Waals surface area contributed by atoms with Gasteiger partial charge in [-0.05, 0) is 40.2 Å². The van der Waals surface area contributed by atoms with E-state index in [1.807, 2.05) is 6.07 Å². The molecule has 0 spiro atoms. The van der Waals surface area contributed by atoms with Gasteiger partial charge in [-0.25, -0.2) is 9.37 Å². The molecule has 2 rings (SSSR count). The Balaban J connectivity index is 2.08. The predicted octanol–water partition coefficient (Wildman–Crippen LogP) is 2.78. The van der Waals surface area contributed by atoms with Crippen LogP contribution in [0.3, 0.4) is 0 Å². The van der Waals surface area contributed by atoms with Crippen LogP contribution in [0.4, 0.5) is 4.39 Å². The molecular formula is C14H9BrFN3O. The Morgan fingerprint density at radius 3 is 2.90 bits per heavy atom. The van der Waals surface area contributed by atoms with Crippen LogP contribution < -0.4 is 5.32 Å². The van der Waals surface area contributed by atoms with Crippen molar-refractivity contribution in [1.29, 1.82) is 5.26 Å². The summed E-state index contributed by atoms with van der Waals surface area (Å²) >= 11 is 3.17. The first-order valence-electron chi connectivity index (χ1n) is 5.69. The lowest BCUT2D eigenvalue weighted by atomic mass is 10.1. The third kappa shape index (κ3) is 3.19. The Bertz CT molecular complexity index is 697. The fourth-order valence-electron chi connectivity index (χ4n) is 1.59. The molecule has 0 saturated heterocycles. The summed E-state index contributed by atoms with van der Waals surface area (Å²) in [4.78, 5) is 15.9. The topological polar surface area (TPSA) is 65.8 Å². The summed E-state index contributed by atoms with van der Waals surface area (Å²) in [5.74, 6) is -0.872. The number of benzene rings is 1. The summed E-state index contributed by atoms with van der Waals surface area (Å²) in [7, 11) is 0. The van der Waals surface area contributed by atoms with Crippen molar-refractivity contribution in [2.45, 2.75) is 6.54 Å². The van der Waals surface area contributed by atoms with E-state index in [0.29, 0.717) is 15.7 Å². The van der Waals surface area contributed by atoms with Crippen LogP contribution in [0.5, 0.6) is 0 Å². The molecule has 2 aromatic rings. The van der Waals surface area contributed by atoms with E-state index in [0.717, 1.165) is 6.07 Å². The number of aromatic nitrogens is 1. The molecule has 1 heterocycles. The molecule has 0 aliphatic heterocycles.